The van der Waals surface area contributed by atoms with E-state index in [1.807, 2.05) is 37.5 Å². The number of nitrogens with zero attached hydrogens (tertiary/aromatic N) is 3. The highest BCUT2D eigenvalue weighted by molar-refractivity contribution is 7.99. The van der Waals surface area contributed by atoms with E-state index < -0.39 is 0 Å². The molecule has 0 radical (unpaired) electrons. The second-order valence-corrected chi connectivity index (χ2v) is 7.66. The monoisotopic (exact) mass is 413 g/mol. The molecule has 0 bridgehead atoms. The molecule has 3 rings (SSSR count). The van der Waals surface area contributed by atoms with Gasteiger partial charge in [-0.1, -0.05) is 17.8 Å². The van der Waals surface area contributed by atoms with Crippen molar-refractivity contribution < 1.29 is 9.18 Å². The van der Waals surface area contributed by atoms with Crippen molar-refractivity contribution in [1.29, 1.82) is 0 Å². The molecular formula is C21H24FN5OS. The first kappa shape index (κ1) is 20.9. The van der Waals surface area contributed by atoms with Crippen LogP contribution in [0.2, 0.25) is 0 Å². The standard InChI is InChI=1S/C21H24FN5OS/c1-4-27-19(12-23-17-7-5-16(22)6-8-17)25-26-21(27)29-13-20(28)24-18-10-14(2)9-15(3)11-18/h5-11,23H,4,12-13H2,1-3H3,(H,24,28). The van der Waals surface area contributed by atoms with Crippen molar-refractivity contribution in [3.8, 4) is 0 Å². The summed E-state index contributed by atoms with van der Waals surface area (Å²) in [5, 5.41) is 15.3. The van der Waals surface area contributed by atoms with Crippen LogP contribution in [0.25, 0.3) is 0 Å². The van der Waals surface area contributed by atoms with Gasteiger partial charge in [0.1, 0.15) is 5.82 Å². The average molecular weight is 414 g/mol. The molecule has 29 heavy (non-hydrogen) atoms. The van der Waals surface area contributed by atoms with E-state index in [2.05, 4.69) is 26.9 Å². The molecule has 0 atom stereocenters. The third-order valence-electron chi connectivity index (χ3n) is 4.24. The van der Waals surface area contributed by atoms with Crippen LogP contribution in [-0.4, -0.2) is 26.4 Å². The van der Waals surface area contributed by atoms with Crippen molar-refractivity contribution in [3.05, 3.63) is 65.2 Å². The Morgan fingerprint density at radius 1 is 1.07 bits per heavy atom. The molecule has 152 valence electrons. The van der Waals surface area contributed by atoms with Gasteiger partial charge in [0.2, 0.25) is 5.91 Å². The predicted molar refractivity (Wildman–Crippen MR) is 115 cm³/mol. The first-order chi connectivity index (χ1) is 13.9. The van der Waals surface area contributed by atoms with Gasteiger partial charge in [0.15, 0.2) is 11.0 Å². The van der Waals surface area contributed by atoms with Crippen LogP contribution in [0.3, 0.4) is 0 Å². The maximum absolute atomic E-state index is 13.0. The Bertz CT molecular complexity index is 967. The Hall–Kier alpha value is -2.87. The molecule has 0 saturated heterocycles. The Morgan fingerprint density at radius 3 is 2.41 bits per heavy atom. The quantitative estimate of drug-likeness (QED) is 0.536. The van der Waals surface area contributed by atoms with E-state index >= 15 is 0 Å². The summed E-state index contributed by atoms with van der Waals surface area (Å²) in [6, 6.07) is 12.1. The van der Waals surface area contributed by atoms with Crippen molar-refractivity contribution >= 4 is 29.0 Å². The van der Waals surface area contributed by atoms with Gasteiger partial charge in [0, 0.05) is 17.9 Å². The summed E-state index contributed by atoms with van der Waals surface area (Å²) >= 11 is 1.35. The number of benzene rings is 2. The number of aromatic nitrogens is 3. The summed E-state index contributed by atoms with van der Waals surface area (Å²) in [6.07, 6.45) is 0. The molecule has 0 fully saturated rings. The molecule has 0 aliphatic carbocycles. The van der Waals surface area contributed by atoms with Gasteiger partial charge in [-0.25, -0.2) is 4.39 Å². The number of halogens is 1. The fourth-order valence-corrected chi connectivity index (χ4v) is 3.82. The number of carbonyl (C=O) groups is 1. The van der Waals surface area contributed by atoms with Crippen LogP contribution in [0.15, 0.2) is 47.6 Å². The summed E-state index contributed by atoms with van der Waals surface area (Å²) in [5.74, 6) is 0.645. The molecule has 1 amide bonds. The lowest BCUT2D eigenvalue weighted by molar-refractivity contribution is -0.113. The number of amides is 1. The summed E-state index contributed by atoms with van der Waals surface area (Å²) in [6.45, 7) is 7.16. The van der Waals surface area contributed by atoms with Crippen LogP contribution in [0.5, 0.6) is 0 Å². The summed E-state index contributed by atoms with van der Waals surface area (Å²) in [7, 11) is 0. The molecule has 3 aromatic rings. The van der Waals surface area contributed by atoms with E-state index in [0.29, 0.717) is 18.2 Å². The third kappa shape index (κ3) is 5.80. The van der Waals surface area contributed by atoms with Crippen molar-refractivity contribution in [1.82, 2.24) is 14.8 Å². The molecule has 0 aliphatic heterocycles. The van der Waals surface area contributed by atoms with Gasteiger partial charge in [0.05, 0.1) is 12.3 Å². The summed E-state index contributed by atoms with van der Waals surface area (Å²) in [5.41, 5.74) is 3.82. The maximum Gasteiger partial charge on any atom is 0.234 e. The van der Waals surface area contributed by atoms with Gasteiger partial charge in [-0.05, 0) is 68.3 Å². The molecule has 1 heterocycles. The highest BCUT2D eigenvalue weighted by Crippen LogP contribution is 2.19. The molecule has 8 heteroatoms. The predicted octanol–water partition coefficient (Wildman–Crippen LogP) is 4.40. The number of anilines is 2. The molecule has 6 nitrogen and oxygen atoms in total. The molecule has 1 aromatic heterocycles. The fraction of sp³-hybridized carbons (Fsp3) is 0.286. The highest BCUT2D eigenvalue weighted by Gasteiger charge is 2.13. The van der Waals surface area contributed by atoms with Crippen molar-refractivity contribution in [2.75, 3.05) is 16.4 Å². The topological polar surface area (TPSA) is 71.8 Å². The van der Waals surface area contributed by atoms with E-state index in [1.54, 1.807) is 12.1 Å². The Kier molecular flexibility index (Phi) is 6.87. The van der Waals surface area contributed by atoms with Gasteiger partial charge in [0.25, 0.3) is 0 Å². The zero-order valence-electron chi connectivity index (χ0n) is 16.7. The van der Waals surface area contributed by atoms with Crippen molar-refractivity contribution in [3.63, 3.8) is 0 Å². The van der Waals surface area contributed by atoms with Gasteiger partial charge in [-0.15, -0.1) is 10.2 Å². The van der Waals surface area contributed by atoms with Crippen LogP contribution in [0, 0.1) is 19.7 Å². The lowest BCUT2D eigenvalue weighted by Crippen LogP contribution is -2.15. The zero-order valence-corrected chi connectivity index (χ0v) is 17.5. The van der Waals surface area contributed by atoms with Crippen LogP contribution in [-0.2, 0) is 17.9 Å². The van der Waals surface area contributed by atoms with Crippen LogP contribution in [0.4, 0.5) is 15.8 Å². The number of thioether (sulfide) groups is 1. The minimum Gasteiger partial charge on any atom is -0.378 e. The lowest BCUT2D eigenvalue weighted by atomic mass is 10.1. The molecule has 0 spiro atoms. The first-order valence-electron chi connectivity index (χ1n) is 9.37. The van der Waals surface area contributed by atoms with E-state index in [9.17, 15) is 9.18 Å². The minimum absolute atomic E-state index is 0.0864. The van der Waals surface area contributed by atoms with E-state index in [1.165, 1.54) is 23.9 Å². The first-order valence-corrected chi connectivity index (χ1v) is 10.4. The number of rotatable bonds is 8. The molecule has 0 saturated carbocycles. The number of aryl methyl sites for hydroxylation is 2. The molecule has 0 aliphatic rings. The Balaban J connectivity index is 1.58. The fourth-order valence-electron chi connectivity index (χ4n) is 3.00. The third-order valence-corrected chi connectivity index (χ3v) is 5.21. The SMILES string of the molecule is CCn1c(CNc2ccc(F)cc2)nnc1SCC(=O)Nc1cc(C)cc(C)c1. The second-order valence-electron chi connectivity index (χ2n) is 6.72. The zero-order chi connectivity index (χ0) is 20.8. The minimum atomic E-state index is -0.273. The van der Waals surface area contributed by atoms with Gasteiger partial charge < -0.3 is 15.2 Å². The summed E-state index contributed by atoms with van der Waals surface area (Å²) in [4.78, 5) is 12.3. The van der Waals surface area contributed by atoms with Gasteiger partial charge in [-0.3, -0.25) is 4.79 Å². The Morgan fingerprint density at radius 2 is 1.76 bits per heavy atom. The normalized spacial score (nSPS) is 10.8. The number of nitrogens with one attached hydrogen (secondary N) is 2. The van der Waals surface area contributed by atoms with Crippen molar-refractivity contribution in [2.24, 2.45) is 0 Å². The molecular weight excluding hydrogens is 389 g/mol. The van der Waals surface area contributed by atoms with E-state index in [4.69, 9.17) is 0 Å². The highest BCUT2D eigenvalue weighted by atomic mass is 32.2. The van der Waals surface area contributed by atoms with Crippen molar-refractivity contribution in [2.45, 2.75) is 39.0 Å². The smallest absolute Gasteiger partial charge is 0.234 e. The van der Waals surface area contributed by atoms with E-state index in [-0.39, 0.29) is 17.5 Å². The molecule has 2 aromatic carbocycles. The lowest BCUT2D eigenvalue weighted by Gasteiger charge is -2.10. The average Bonchev–Trinajstić information content (AvgIpc) is 3.07. The van der Waals surface area contributed by atoms with Crippen LogP contribution in [0.1, 0.15) is 23.9 Å². The maximum atomic E-state index is 13.0. The van der Waals surface area contributed by atoms with Gasteiger partial charge >= 0.3 is 0 Å². The molecule has 0 unspecified atom stereocenters. The van der Waals surface area contributed by atoms with Crippen LogP contribution >= 0.6 is 11.8 Å². The summed E-state index contributed by atoms with van der Waals surface area (Å²) < 4.78 is 15.0. The number of hydrogen-bond donors (Lipinski definition) is 2. The number of hydrogen-bond acceptors (Lipinski definition) is 5. The van der Waals surface area contributed by atoms with Gasteiger partial charge in [-0.2, -0.15) is 0 Å². The largest absolute Gasteiger partial charge is 0.378 e. The second kappa shape index (κ2) is 9.56. The van der Waals surface area contributed by atoms with Crippen LogP contribution < -0.4 is 10.6 Å². The van der Waals surface area contributed by atoms with E-state index in [0.717, 1.165) is 28.3 Å². The molecule has 2 N–H and O–H groups in total. The Labute approximate surface area is 173 Å². The number of carbonyl (C=O) groups excluding carboxylic acids is 1.